The minimum Gasteiger partial charge on any atom is -0.338 e. The highest BCUT2D eigenvalue weighted by molar-refractivity contribution is 6.31. The third-order valence-electron chi connectivity index (χ3n) is 4.96. The number of nitrogens with one attached hydrogen (secondary N) is 1. The van der Waals surface area contributed by atoms with Crippen molar-refractivity contribution in [2.45, 2.75) is 31.7 Å². The average Bonchev–Trinajstić information content (AvgIpc) is 3.31. The van der Waals surface area contributed by atoms with E-state index in [1.54, 1.807) is 18.2 Å². The second-order valence-electron chi connectivity index (χ2n) is 6.83. The van der Waals surface area contributed by atoms with Crippen molar-refractivity contribution in [3.63, 3.8) is 0 Å². The summed E-state index contributed by atoms with van der Waals surface area (Å²) in [5.41, 5.74) is 1.18. The predicted molar refractivity (Wildman–Crippen MR) is 93.8 cm³/mol. The molecule has 2 fully saturated rings. The van der Waals surface area contributed by atoms with Crippen LogP contribution in [-0.2, 0) is 0 Å². The first-order valence-corrected chi connectivity index (χ1v) is 9.14. The van der Waals surface area contributed by atoms with E-state index in [0.717, 1.165) is 38.4 Å². The molecular weight excluding hydrogens is 340 g/mol. The summed E-state index contributed by atoms with van der Waals surface area (Å²) in [4.78, 5) is 14.9. The smallest absolute Gasteiger partial charge is 0.256 e. The van der Waals surface area contributed by atoms with Crippen LogP contribution in [0, 0.1) is 5.92 Å². The lowest BCUT2D eigenvalue weighted by Gasteiger charge is -2.33. The summed E-state index contributed by atoms with van der Waals surface area (Å²) in [6, 6.07) is 5.72. The Morgan fingerprint density at radius 1 is 1.24 bits per heavy atom. The van der Waals surface area contributed by atoms with Crippen molar-refractivity contribution in [3.05, 3.63) is 35.1 Å². The topological polar surface area (TPSA) is 75.9 Å². The molecule has 1 aliphatic carbocycles. The summed E-state index contributed by atoms with van der Waals surface area (Å²) in [7, 11) is 0. The van der Waals surface area contributed by atoms with Gasteiger partial charge < -0.3 is 10.2 Å². The number of likely N-dealkylation sites (tertiary alicyclic amines) is 1. The number of hydrogen-bond donors (Lipinski definition) is 1. The Kier molecular flexibility index (Phi) is 4.67. The number of rotatable bonds is 5. The minimum atomic E-state index is -0.0198. The van der Waals surface area contributed by atoms with E-state index in [9.17, 15) is 4.79 Å². The summed E-state index contributed by atoms with van der Waals surface area (Å²) in [5, 5.41) is 15.4. The van der Waals surface area contributed by atoms with E-state index in [4.69, 9.17) is 11.6 Å². The van der Waals surface area contributed by atoms with Gasteiger partial charge in [-0.2, -0.15) is 4.68 Å². The summed E-state index contributed by atoms with van der Waals surface area (Å²) in [6.45, 7) is 2.63. The van der Waals surface area contributed by atoms with Crippen LogP contribution in [0.25, 0.3) is 5.69 Å². The van der Waals surface area contributed by atoms with Crippen LogP contribution in [0.1, 0.15) is 36.0 Å². The molecule has 1 N–H and O–H groups in total. The fourth-order valence-electron chi connectivity index (χ4n) is 3.26. The molecule has 1 aliphatic heterocycles. The van der Waals surface area contributed by atoms with E-state index in [0.29, 0.717) is 22.3 Å². The Balaban J connectivity index is 1.45. The van der Waals surface area contributed by atoms with Gasteiger partial charge in [-0.25, -0.2) is 0 Å². The summed E-state index contributed by atoms with van der Waals surface area (Å²) < 4.78 is 1.49. The number of hydrogen-bond acceptors (Lipinski definition) is 5. The molecule has 25 heavy (non-hydrogen) atoms. The fourth-order valence-corrected chi connectivity index (χ4v) is 3.44. The summed E-state index contributed by atoms with van der Waals surface area (Å²) in [6.07, 6.45) is 6.17. The van der Waals surface area contributed by atoms with Gasteiger partial charge in [0.15, 0.2) is 0 Å². The molecule has 1 aromatic carbocycles. The number of piperidine rings is 1. The predicted octanol–water partition coefficient (Wildman–Crippen LogP) is 1.92. The Morgan fingerprint density at radius 3 is 2.72 bits per heavy atom. The van der Waals surface area contributed by atoms with E-state index in [1.807, 2.05) is 4.90 Å². The molecule has 7 nitrogen and oxygen atoms in total. The summed E-state index contributed by atoms with van der Waals surface area (Å²) >= 11 is 6.12. The molecule has 2 heterocycles. The number of amides is 1. The van der Waals surface area contributed by atoms with Gasteiger partial charge in [0.05, 0.1) is 11.3 Å². The highest BCUT2D eigenvalue weighted by atomic mass is 35.5. The molecule has 0 bridgehead atoms. The highest BCUT2D eigenvalue weighted by Gasteiger charge is 2.27. The van der Waals surface area contributed by atoms with E-state index < -0.39 is 0 Å². The summed E-state index contributed by atoms with van der Waals surface area (Å²) in [5.74, 6) is 0.860. The van der Waals surface area contributed by atoms with Crippen LogP contribution in [-0.4, -0.2) is 56.7 Å². The van der Waals surface area contributed by atoms with Gasteiger partial charge in [-0.05, 0) is 66.8 Å². The normalized spacial score (nSPS) is 18.5. The van der Waals surface area contributed by atoms with Crippen LogP contribution < -0.4 is 5.32 Å². The van der Waals surface area contributed by atoms with E-state index in [1.165, 1.54) is 23.9 Å². The molecule has 0 radical (unpaired) electrons. The van der Waals surface area contributed by atoms with Crippen molar-refractivity contribution in [2.75, 3.05) is 19.6 Å². The molecule has 0 atom stereocenters. The molecule has 2 aromatic rings. The van der Waals surface area contributed by atoms with E-state index in [2.05, 4.69) is 20.8 Å². The minimum absolute atomic E-state index is 0.0198. The van der Waals surface area contributed by atoms with Gasteiger partial charge in [-0.1, -0.05) is 11.6 Å². The number of aromatic nitrogens is 4. The number of halogens is 1. The molecule has 1 saturated carbocycles. The van der Waals surface area contributed by atoms with Crippen LogP contribution in [0.3, 0.4) is 0 Å². The molecule has 1 aromatic heterocycles. The third-order valence-corrected chi connectivity index (χ3v) is 5.19. The number of carbonyl (C=O) groups is 1. The lowest BCUT2D eigenvalue weighted by atomic mass is 10.0. The van der Waals surface area contributed by atoms with E-state index >= 15 is 0 Å². The average molecular weight is 361 g/mol. The zero-order chi connectivity index (χ0) is 17.2. The molecule has 1 saturated heterocycles. The first-order valence-electron chi connectivity index (χ1n) is 8.76. The maximum Gasteiger partial charge on any atom is 0.256 e. The molecule has 4 rings (SSSR count). The molecule has 2 aliphatic rings. The van der Waals surface area contributed by atoms with Gasteiger partial charge in [0.25, 0.3) is 5.91 Å². The lowest BCUT2D eigenvalue weighted by Crippen LogP contribution is -2.45. The Bertz CT molecular complexity index is 738. The number of nitrogens with zero attached hydrogens (tertiary/aromatic N) is 5. The first-order chi connectivity index (χ1) is 12.2. The molecule has 1 amide bonds. The van der Waals surface area contributed by atoms with Gasteiger partial charge in [-0.3, -0.25) is 4.79 Å². The molecule has 132 valence electrons. The van der Waals surface area contributed by atoms with Crippen molar-refractivity contribution < 1.29 is 4.79 Å². The monoisotopic (exact) mass is 360 g/mol. The number of tetrazole rings is 1. The third kappa shape index (κ3) is 3.82. The Labute approximate surface area is 151 Å². The van der Waals surface area contributed by atoms with Gasteiger partial charge >= 0.3 is 0 Å². The second-order valence-corrected chi connectivity index (χ2v) is 7.27. The second kappa shape index (κ2) is 7.09. The van der Waals surface area contributed by atoms with Crippen LogP contribution in [0.5, 0.6) is 0 Å². The van der Waals surface area contributed by atoms with Gasteiger partial charge in [0, 0.05) is 24.2 Å². The van der Waals surface area contributed by atoms with Crippen molar-refractivity contribution >= 4 is 17.5 Å². The van der Waals surface area contributed by atoms with Gasteiger partial charge in [-0.15, -0.1) is 5.10 Å². The maximum absolute atomic E-state index is 13.0. The van der Waals surface area contributed by atoms with Crippen LogP contribution >= 0.6 is 11.6 Å². The van der Waals surface area contributed by atoms with Crippen molar-refractivity contribution in [1.29, 1.82) is 0 Å². The Morgan fingerprint density at radius 2 is 2.04 bits per heavy atom. The molecular formula is C17H21ClN6O. The van der Waals surface area contributed by atoms with Crippen LogP contribution in [0.4, 0.5) is 0 Å². The van der Waals surface area contributed by atoms with E-state index in [-0.39, 0.29) is 5.91 Å². The first kappa shape index (κ1) is 16.5. The highest BCUT2D eigenvalue weighted by Crippen LogP contribution is 2.28. The zero-order valence-corrected chi connectivity index (χ0v) is 14.7. The van der Waals surface area contributed by atoms with Crippen LogP contribution in [0.2, 0.25) is 5.02 Å². The lowest BCUT2D eigenvalue weighted by molar-refractivity contribution is 0.0705. The van der Waals surface area contributed by atoms with Gasteiger partial charge in [0.1, 0.15) is 6.33 Å². The molecule has 8 heteroatoms. The van der Waals surface area contributed by atoms with Gasteiger partial charge in [0.2, 0.25) is 0 Å². The molecule has 0 unspecified atom stereocenters. The quantitative estimate of drug-likeness (QED) is 0.881. The Hall–Kier alpha value is -1.99. The van der Waals surface area contributed by atoms with Crippen LogP contribution in [0.15, 0.2) is 24.5 Å². The maximum atomic E-state index is 13.0. The number of benzene rings is 1. The standard InChI is InChI=1S/C17H21ClN6O/c18-13-3-4-16(24-11-20-21-22-24)15(9-13)17(25)23-7-5-14(6-8-23)19-10-12-1-2-12/h3-4,9,11-12,14,19H,1-2,5-8,10H2. The fraction of sp³-hybridized carbons (Fsp3) is 0.529. The van der Waals surface area contributed by atoms with Crippen molar-refractivity contribution in [3.8, 4) is 5.69 Å². The molecule has 0 spiro atoms. The number of carbonyl (C=O) groups excluding carboxylic acids is 1. The van der Waals surface area contributed by atoms with Crippen molar-refractivity contribution in [2.24, 2.45) is 5.92 Å². The zero-order valence-electron chi connectivity index (χ0n) is 13.9. The largest absolute Gasteiger partial charge is 0.338 e. The van der Waals surface area contributed by atoms with Crippen molar-refractivity contribution in [1.82, 2.24) is 30.4 Å². The SMILES string of the molecule is O=C(c1cc(Cl)ccc1-n1cnnn1)N1CCC(NCC2CC2)CC1.